The van der Waals surface area contributed by atoms with Gasteiger partial charge in [-0.1, -0.05) is 25.2 Å². The van der Waals surface area contributed by atoms with Crippen molar-refractivity contribution in [3.05, 3.63) is 0 Å². The molecule has 3 nitrogen and oxygen atoms in total. The first kappa shape index (κ1) is 12.4. The van der Waals surface area contributed by atoms with Crippen molar-refractivity contribution in [2.45, 2.75) is 63.5 Å². The molecule has 2 N–H and O–H groups in total. The van der Waals surface area contributed by atoms with Gasteiger partial charge in [0.25, 0.3) is 5.91 Å². The molecule has 1 spiro atoms. The molecule has 2 aliphatic rings. The minimum absolute atomic E-state index is 0.120. The van der Waals surface area contributed by atoms with Crippen molar-refractivity contribution < 1.29 is 4.79 Å². The van der Waals surface area contributed by atoms with Gasteiger partial charge in [-0.15, -0.1) is 0 Å². The summed E-state index contributed by atoms with van der Waals surface area (Å²) in [6, 6.07) is 0.308. The lowest BCUT2D eigenvalue weighted by molar-refractivity contribution is -0.116. The average Bonchev–Trinajstić information content (AvgIpc) is 2.30. The minimum Gasteiger partial charge on any atom is -0.342 e. The van der Waals surface area contributed by atoms with Gasteiger partial charge in [-0.05, 0) is 45.1 Å². The molecule has 0 aromatic rings. The average molecular weight is 234 g/mol. The van der Waals surface area contributed by atoms with Gasteiger partial charge in [0.15, 0.2) is 0 Å². The van der Waals surface area contributed by atoms with Crippen LogP contribution in [0.15, 0.2) is 0 Å². The summed E-state index contributed by atoms with van der Waals surface area (Å²) in [6.45, 7) is 2.72. The second-order valence-electron chi connectivity index (χ2n) is 5.31. The monoisotopic (exact) mass is 234 g/mol. The SMILES string of the molecule is CC#CC(=O)NC1CCNC2(CCCCC2)C1. The number of piperidine rings is 1. The summed E-state index contributed by atoms with van der Waals surface area (Å²) in [5.74, 6) is 5.09. The number of rotatable bonds is 1. The molecule has 1 saturated carbocycles. The molecule has 1 amide bonds. The summed E-state index contributed by atoms with van der Waals surface area (Å²) in [6.07, 6.45) is 8.63. The summed E-state index contributed by atoms with van der Waals surface area (Å²) >= 11 is 0. The van der Waals surface area contributed by atoms with Gasteiger partial charge < -0.3 is 10.6 Å². The zero-order valence-electron chi connectivity index (χ0n) is 10.6. The van der Waals surface area contributed by atoms with Crippen LogP contribution in [0.3, 0.4) is 0 Å². The Balaban J connectivity index is 1.91. The first-order valence-electron chi connectivity index (χ1n) is 6.72. The number of nitrogens with one attached hydrogen (secondary N) is 2. The summed E-state index contributed by atoms with van der Waals surface area (Å²) in [5, 5.41) is 6.72. The molecule has 1 aliphatic carbocycles. The zero-order chi connectivity index (χ0) is 12.1. The highest BCUT2D eigenvalue weighted by atomic mass is 16.1. The molecule has 0 aromatic heterocycles. The van der Waals surface area contributed by atoms with E-state index in [1.807, 2.05) is 0 Å². The largest absolute Gasteiger partial charge is 0.342 e. The van der Waals surface area contributed by atoms with Crippen molar-refractivity contribution in [2.24, 2.45) is 0 Å². The Morgan fingerprint density at radius 2 is 2.12 bits per heavy atom. The van der Waals surface area contributed by atoms with Crippen molar-refractivity contribution in [3.8, 4) is 11.8 Å². The Kier molecular flexibility index (Phi) is 4.06. The summed E-state index contributed by atoms with van der Waals surface area (Å²) in [5.41, 5.74) is 0.300. The lowest BCUT2D eigenvalue weighted by Gasteiger charge is -2.44. The van der Waals surface area contributed by atoms with E-state index in [-0.39, 0.29) is 5.91 Å². The number of carbonyl (C=O) groups excluding carboxylic acids is 1. The summed E-state index contributed by atoms with van der Waals surface area (Å²) in [7, 11) is 0. The van der Waals surface area contributed by atoms with Crippen LogP contribution in [0.5, 0.6) is 0 Å². The molecule has 1 unspecified atom stereocenters. The second kappa shape index (κ2) is 5.55. The van der Waals surface area contributed by atoms with E-state index < -0.39 is 0 Å². The molecule has 94 valence electrons. The van der Waals surface area contributed by atoms with Gasteiger partial charge in [0.05, 0.1) is 0 Å². The molecule has 0 aromatic carbocycles. The van der Waals surface area contributed by atoms with E-state index in [1.165, 1.54) is 32.1 Å². The van der Waals surface area contributed by atoms with Gasteiger partial charge in [0.2, 0.25) is 0 Å². The van der Waals surface area contributed by atoms with Crippen molar-refractivity contribution in [1.29, 1.82) is 0 Å². The Morgan fingerprint density at radius 3 is 2.82 bits per heavy atom. The lowest BCUT2D eigenvalue weighted by atomic mass is 9.75. The number of carbonyl (C=O) groups is 1. The topological polar surface area (TPSA) is 41.1 Å². The van der Waals surface area contributed by atoms with Crippen LogP contribution in [0.1, 0.15) is 51.9 Å². The molecular weight excluding hydrogens is 212 g/mol. The van der Waals surface area contributed by atoms with E-state index in [1.54, 1.807) is 6.92 Å². The highest BCUT2D eigenvalue weighted by Crippen LogP contribution is 2.34. The van der Waals surface area contributed by atoms with Gasteiger partial charge in [-0.3, -0.25) is 4.79 Å². The molecule has 2 rings (SSSR count). The maximum absolute atomic E-state index is 11.5. The molecule has 0 bridgehead atoms. The van der Waals surface area contributed by atoms with E-state index in [0.29, 0.717) is 11.6 Å². The third-order valence-electron chi connectivity index (χ3n) is 4.01. The van der Waals surface area contributed by atoms with Crippen LogP contribution < -0.4 is 10.6 Å². The summed E-state index contributed by atoms with van der Waals surface area (Å²) in [4.78, 5) is 11.5. The molecule has 1 atom stereocenters. The van der Waals surface area contributed by atoms with Crippen LogP contribution in [-0.2, 0) is 4.79 Å². The van der Waals surface area contributed by atoms with Crippen LogP contribution >= 0.6 is 0 Å². The van der Waals surface area contributed by atoms with Crippen molar-refractivity contribution >= 4 is 5.91 Å². The van der Waals surface area contributed by atoms with Crippen LogP contribution in [-0.4, -0.2) is 24.0 Å². The van der Waals surface area contributed by atoms with E-state index in [9.17, 15) is 4.79 Å². The Labute approximate surface area is 104 Å². The molecule has 1 aliphatic heterocycles. The highest BCUT2D eigenvalue weighted by molar-refractivity contribution is 5.93. The van der Waals surface area contributed by atoms with E-state index in [2.05, 4.69) is 22.5 Å². The Morgan fingerprint density at radius 1 is 1.35 bits per heavy atom. The van der Waals surface area contributed by atoms with Gasteiger partial charge in [-0.25, -0.2) is 0 Å². The third-order valence-corrected chi connectivity index (χ3v) is 4.01. The van der Waals surface area contributed by atoms with Gasteiger partial charge in [0.1, 0.15) is 0 Å². The van der Waals surface area contributed by atoms with Gasteiger partial charge in [-0.2, -0.15) is 0 Å². The third kappa shape index (κ3) is 3.23. The summed E-state index contributed by atoms with van der Waals surface area (Å²) < 4.78 is 0. The Hall–Kier alpha value is -1.01. The maximum atomic E-state index is 11.5. The zero-order valence-corrected chi connectivity index (χ0v) is 10.6. The van der Waals surface area contributed by atoms with Crippen LogP contribution in [0, 0.1) is 11.8 Å². The van der Waals surface area contributed by atoms with E-state index in [0.717, 1.165) is 19.4 Å². The molecule has 1 heterocycles. The predicted octanol–water partition coefficient (Wildman–Crippen LogP) is 1.58. The number of hydrogen-bond donors (Lipinski definition) is 2. The smallest absolute Gasteiger partial charge is 0.296 e. The lowest BCUT2D eigenvalue weighted by Crippen LogP contribution is -2.57. The normalized spacial score (nSPS) is 27.0. The highest BCUT2D eigenvalue weighted by Gasteiger charge is 2.37. The maximum Gasteiger partial charge on any atom is 0.296 e. The minimum atomic E-state index is -0.120. The number of amides is 1. The van der Waals surface area contributed by atoms with Crippen molar-refractivity contribution in [1.82, 2.24) is 10.6 Å². The second-order valence-corrected chi connectivity index (χ2v) is 5.31. The van der Waals surface area contributed by atoms with Gasteiger partial charge >= 0.3 is 0 Å². The van der Waals surface area contributed by atoms with Crippen molar-refractivity contribution in [2.75, 3.05) is 6.54 Å². The quantitative estimate of drug-likeness (QED) is 0.676. The first-order valence-corrected chi connectivity index (χ1v) is 6.72. The Bertz CT molecular complexity index is 328. The molecular formula is C14H22N2O. The fraction of sp³-hybridized carbons (Fsp3) is 0.786. The molecule has 3 heteroatoms. The fourth-order valence-electron chi connectivity index (χ4n) is 3.23. The number of hydrogen-bond acceptors (Lipinski definition) is 2. The first-order chi connectivity index (χ1) is 8.24. The molecule has 2 fully saturated rings. The van der Waals surface area contributed by atoms with E-state index in [4.69, 9.17) is 0 Å². The fourth-order valence-corrected chi connectivity index (χ4v) is 3.23. The standard InChI is InChI=1S/C14H22N2O/c1-2-6-13(17)16-12-7-10-15-14(11-12)8-4-3-5-9-14/h12,15H,3-5,7-11H2,1H3,(H,16,17). The van der Waals surface area contributed by atoms with Crippen LogP contribution in [0.25, 0.3) is 0 Å². The van der Waals surface area contributed by atoms with Crippen LogP contribution in [0.2, 0.25) is 0 Å². The molecule has 17 heavy (non-hydrogen) atoms. The van der Waals surface area contributed by atoms with Gasteiger partial charge in [0, 0.05) is 11.6 Å². The predicted molar refractivity (Wildman–Crippen MR) is 68.4 cm³/mol. The van der Waals surface area contributed by atoms with Crippen LogP contribution in [0.4, 0.5) is 0 Å². The van der Waals surface area contributed by atoms with Crippen molar-refractivity contribution in [3.63, 3.8) is 0 Å². The molecule has 0 radical (unpaired) electrons. The van der Waals surface area contributed by atoms with E-state index >= 15 is 0 Å². The molecule has 1 saturated heterocycles.